The standard InChI is InChI=1S/C10H23O3P/c1-8(2)7-10(5)13-14(6,11)12-9(3)4/h8-10H,7H2,1-6H3. The Labute approximate surface area is 87.7 Å². The Bertz CT molecular complexity index is 202. The van der Waals surface area contributed by atoms with Crippen molar-refractivity contribution in [1.29, 1.82) is 0 Å². The Morgan fingerprint density at radius 2 is 1.57 bits per heavy atom. The van der Waals surface area contributed by atoms with E-state index in [9.17, 15) is 4.57 Å². The Balaban J connectivity index is 4.02. The molecule has 0 heterocycles. The summed E-state index contributed by atoms with van der Waals surface area (Å²) in [5.41, 5.74) is 0. The SMILES string of the molecule is CC(C)CC(C)OP(C)(=O)OC(C)C. The van der Waals surface area contributed by atoms with Gasteiger partial charge in [0.1, 0.15) is 0 Å². The summed E-state index contributed by atoms with van der Waals surface area (Å²) < 4.78 is 22.4. The van der Waals surface area contributed by atoms with Crippen LogP contribution in [0.5, 0.6) is 0 Å². The van der Waals surface area contributed by atoms with Crippen molar-refractivity contribution in [3.8, 4) is 0 Å². The fourth-order valence-electron chi connectivity index (χ4n) is 1.44. The Hall–Kier alpha value is 0.150. The summed E-state index contributed by atoms with van der Waals surface area (Å²) in [5, 5.41) is 0. The molecule has 0 aromatic heterocycles. The maximum atomic E-state index is 11.8. The van der Waals surface area contributed by atoms with E-state index in [1.807, 2.05) is 20.8 Å². The first-order valence-corrected chi connectivity index (χ1v) is 7.16. The van der Waals surface area contributed by atoms with Crippen molar-refractivity contribution in [3.05, 3.63) is 0 Å². The molecule has 3 nitrogen and oxygen atoms in total. The van der Waals surface area contributed by atoms with E-state index in [2.05, 4.69) is 13.8 Å². The van der Waals surface area contributed by atoms with Crippen LogP contribution in [0.25, 0.3) is 0 Å². The molecule has 0 aliphatic rings. The summed E-state index contributed by atoms with van der Waals surface area (Å²) in [7, 11) is -2.86. The molecule has 14 heavy (non-hydrogen) atoms. The van der Waals surface area contributed by atoms with Crippen molar-refractivity contribution in [1.82, 2.24) is 0 Å². The average Bonchev–Trinajstić information content (AvgIpc) is 1.77. The lowest BCUT2D eigenvalue weighted by Gasteiger charge is -2.22. The summed E-state index contributed by atoms with van der Waals surface area (Å²) >= 11 is 0. The van der Waals surface area contributed by atoms with Crippen LogP contribution in [0.2, 0.25) is 0 Å². The second-order valence-electron chi connectivity index (χ2n) is 4.47. The molecular weight excluding hydrogens is 199 g/mol. The molecule has 0 aliphatic carbocycles. The van der Waals surface area contributed by atoms with Crippen LogP contribution in [-0.2, 0) is 13.6 Å². The minimum Gasteiger partial charge on any atom is -0.306 e. The minimum absolute atomic E-state index is 0.00965. The zero-order valence-corrected chi connectivity index (χ0v) is 11.0. The van der Waals surface area contributed by atoms with Gasteiger partial charge in [-0.3, -0.25) is 4.57 Å². The van der Waals surface area contributed by atoms with Crippen molar-refractivity contribution in [3.63, 3.8) is 0 Å². The van der Waals surface area contributed by atoms with E-state index in [1.54, 1.807) is 0 Å². The van der Waals surface area contributed by atoms with Crippen LogP contribution < -0.4 is 0 Å². The number of hydrogen-bond donors (Lipinski definition) is 0. The predicted octanol–water partition coefficient (Wildman–Crippen LogP) is 3.69. The van der Waals surface area contributed by atoms with Gasteiger partial charge >= 0.3 is 7.60 Å². The maximum absolute atomic E-state index is 11.8. The predicted molar refractivity (Wildman–Crippen MR) is 59.8 cm³/mol. The molecular formula is C10H23O3P. The van der Waals surface area contributed by atoms with Crippen LogP contribution in [0, 0.1) is 5.92 Å². The van der Waals surface area contributed by atoms with Crippen molar-refractivity contribution in [2.24, 2.45) is 5.92 Å². The highest BCUT2D eigenvalue weighted by atomic mass is 31.2. The van der Waals surface area contributed by atoms with E-state index < -0.39 is 7.60 Å². The van der Waals surface area contributed by atoms with Crippen LogP contribution in [0.4, 0.5) is 0 Å². The zero-order chi connectivity index (χ0) is 11.4. The molecule has 0 bridgehead atoms. The van der Waals surface area contributed by atoms with Gasteiger partial charge < -0.3 is 9.05 Å². The maximum Gasteiger partial charge on any atom is 0.328 e. The molecule has 0 saturated carbocycles. The average molecular weight is 222 g/mol. The summed E-state index contributed by atoms with van der Waals surface area (Å²) in [6, 6.07) is 0. The van der Waals surface area contributed by atoms with E-state index >= 15 is 0 Å². The van der Waals surface area contributed by atoms with Gasteiger partial charge in [0.15, 0.2) is 0 Å². The lowest BCUT2D eigenvalue weighted by molar-refractivity contribution is 0.126. The molecule has 0 rings (SSSR count). The van der Waals surface area contributed by atoms with E-state index in [0.717, 1.165) is 6.42 Å². The number of hydrogen-bond acceptors (Lipinski definition) is 3. The van der Waals surface area contributed by atoms with Gasteiger partial charge in [0.2, 0.25) is 0 Å². The van der Waals surface area contributed by atoms with E-state index in [1.165, 1.54) is 6.66 Å². The first-order chi connectivity index (χ1) is 6.23. The Morgan fingerprint density at radius 3 is 1.93 bits per heavy atom. The van der Waals surface area contributed by atoms with Crippen LogP contribution in [0.1, 0.15) is 41.0 Å². The normalized spacial score (nSPS) is 18.6. The summed E-state index contributed by atoms with van der Waals surface area (Å²) in [6.45, 7) is 11.4. The topological polar surface area (TPSA) is 35.5 Å². The molecule has 0 aromatic carbocycles. The van der Waals surface area contributed by atoms with Gasteiger partial charge in [-0.1, -0.05) is 13.8 Å². The van der Waals surface area contributed by atoms with Gasteiger partial charge in [0.05, 0.1) is 12.2 Å². The van der Waals surface area contributed by atoms with Crippen molar-refractivity contribution < 1.29 is 13.6 Å². The highest BCUT2D eigenvalue weighted by Crippen LogP contribution is 2.46. The van der Waals surface area contributed by atoms with Gasteiger partial charge in [0.25, 0.3) is 0 Å². The van der Waals surface area contributed by atoms with Gasteiger partial charge in [-0.05, 0) is 33.1 Å². The van der Waals surface area contributed by atoms with Crippen molar-refractivity contribution in [2.45, 2.75) is 53.2 Å². The van der Waals surface area contributed by atoms with E-state index in [4.69, 9.17) is 9.05 Å². The Morgan fingerprint density at radius 1 is 1.07 bits per heavy atom. The third-order valence-electron chi connectivity index (χ3n) is 1.58. The molecule has 86 valence electrons. The largest absolute Gasteiger partial charge is 0.328 e. The summed E-state index contributed by atoms with van der Waals surface area (Å²) in [6.07, 6.45) is 0.834. The molecule has 0 spiro atoms. The van der Waals surface area contributed by atoms with Crippen LogP contribution in [-0.4, -0.2) is 18.9 Å². The van der Waals surface area contributed by atoms with Gasteiger partial charge in [0, 0.05) is 6.66 Å². The van der Waals surface area contributed by atoms with Crippen LogP contribution in [0.15, 0.2) is 0 Å². The molecule has 4 heteroatoms. The van der Waals surface area contributed by atoms with Crippen molar-refractivity contribution in [2.75, 3.05) is 6.66 Å². The number of rotatable bonds is 6. The van der Waals surface area contributed by atoms with E-state index in [-0.39, 0.29) is 12.2 Å². The molecule has 0 aliphatic heterocycles. The first-order valence-electron chi connectivity index (χ1n) is 5.17. The fraction of sp³-hybridized carbons (Fsp3) is 1.00. The second-order valence-corrected chi connectivity index (χ2v) is 6.44. The minimum atomic E-state index is -2.86. The molecule has 0 saturated heterocycles. The van der Waals surface area contributed by atoms with Crippen molar-refractivity contribution >= 4 is 7.60 Å². The van der Waals surface area contributed by atoms with Gasteiger partial charge in [-0.15, -0.1) is 0 Å². The van der Waals surface area contributed by atoms with Crippen LogP contribution >= 0.6 is 7.60 Å². The quantitative estimate of drug-likeness (QED) is 0.643. The molecule has 0 fully saturated rings. The lowest BCUT2D eigenvalue weighted by Crippen LogP contribution is -2.12. The second kappa shape index (κ2) is 5.89. The van der Waals surface area contributed by atoms with Gasteiger partial charge in [-0.25, -0.2) is 0 Å². The molecule has 2 unspecified atom stereocenters. The van der Waals surface area contributed by atoms with Gasteiger partial charge in [-0.2, -0.15) is 0 Å². The first kappa shape index (κ1) is 14.2. The third kappa shape index (κ3) is 7.54. The molecule has 2 atom stereocenters. The summed E-state index contributed by atoms with van der Waals surface area (Å²) in [4.78, 5) is 0. The van der Waals surface area contributed by atoms with E-state index in [0.29, 0.717) is 5.92 Å². The lowest BCUT2D eigenvalue weighted by atomic mass is 10.1. The fourth-order valence-corrected chi connectivity index (χ4v) is 3.00. The molecule has 0 amide bonds. The third-order valence-corrected chi connectivity index (χ3v) is 3.12. The highest BCUT2D eigenvalue weighted by Gasteiger charge is 2.22. The Kier molecular flexibility index (Phi) is 5.96. The smallest absolute Gasteiger partial charge is 0.306 e. The highest BCUT2D eigenvalue weighted by molar-refractivity contribution is 7.53. The molecule has 0 aromatic rings. The summed E-state index contributed by atoms with van der Waals surface area (Å²) in [5.74, 6) is 0.545. The molecule has 0 N–H and O–H groups in total. The monoisotopic (exact) mass is 222 g/mol. The molecule has 0 radical (unpaired) electrons. The van der Waals surface area contributed by atoms with Crippen LogP contribution in [0.3, 0.4) is 0 Å². The zero-order valence-electron chi connectivity index (χ0n) is 10.1.